The van der Waals surface area contributed by atoms with Gasteiger partial charge in [-0.15, -0.1) is 11.8 Å². The molecule has 108 valence electrons. The Morgan fingerprint density at radius 3 is 1.73 bits per heavy atom. The molecular weight excluding hydrogens is 288 g/mol. The molecule has 0 atom stereocenters. The van der Waals surface area contributed by atoms with E-state index in [-0.39, 0.29) is 0 Å². The Bertz CT molecular complexity index is 791. The van der Waals surface area contributed by atoms with E-state index in [0.29, 0.717) is 0 Å². The van der Waals surface area contributed by atoms with E-state index in [1.165, 1.54) is 4.90 Å². The number of thioether (sulfide) groups is 1. The summed E-state index contributed by atoms with van der Waals surface area (Å²) in [6, 6.07) is 24.5. The minimum Gasteiger partial charge on any atom is -0.376 e. The highest BCUT2D eigenvalue weighted by molar-refractivity contribution is 7.98. The van der Waals surface area contributed by atoms with E-state index in [4.69, 9.17) is 0 Å². The summed E-state index contributed by atoms with van der Waals surface area (Å²) in [7, 11) is 0. The van der Waals surface area contributed by atoms with Gasteiger partial charge < -0.3 is 5.11 Å². The van der Waals surface area contributed by atoms with E-state index in [1.54, 1.807) is 11.8 Å². The standard InChI is InChI=1S/C20H16OS/c1-22-15-12-10-14(11-13-15)20(21)18-8-4-2-6-16(18)17-7-3-5-9-19(17)20/h2-13,21H,1H3. The molecule has 0 aliphatic heterocycles. The minimum absolute atomic E-state index is 0.919. The third-order valence-electron chi connectivity index (χ3n) is 4.43. The van der Waals surface area contributed by atoms with Crippen LogP contribution in [-0.4, -0.2) is 11.4 Å². The maximum Gasteiger partial charge on any atom is 0.141 e. The molecule has 3 aromatic rings. The molecule has 1 aliphatic carbocycles. The molecule has 2 heteroatoms. The molecule has 0 amide bonds. The number of benzene rings is 3. The van der Waals surface area contributed by atoms with Crippen LogP contribution in [0.2, 0.25) is 0 Å². The number of hydrogen-bond acceptors (Lipinski definition) is 2. The van der Waals surface area contributed by atoms with Crippen LogP contribution in [0.4, 0.5) is 0 Å². The molecule has 0 heterocycles. The van der Waals surface area contributed by atoms with Gasteiger partial charge in [-0.2, -0.15) is 0 Å². The highest BCUT2D eigenvalue weighted by atomic mass is 32.2. The van der Waals surface area contributed by atoms with Crippen molar-refractivity contribution in [1.82, 2.24) is 0 Å². The van der Waals surface area contributed by atoms with Crippen molar-refractivity contribution in [3.63, 3.8) is 0 Å². The average molecular weight is 304 g/mol. The lowest BCUT2D eigenvalue weighted by atomic mass is 9.84. The van der Waals surface area contributed by atoms with Crippen LogP contribution in [0.15, 0.2) is 77.7 Å². The zero-order chi connectivity index (χ0) is 15.2. The van der Waals surface area contributed by atoms with Gasteiger partial charge in [0, 0.05) is 16.0 Å². The average Bonchev–Trinajstić information content (AvgIpc) is 2.86. The fourth-order valence-corrected chi connectivity index (χ4v) is 3.76. The number of rotatable bonds is 2. The number of hydrogen-bond donors (Lipinski definition) is 1. The van der Waals surface area contributed by atoms with Crippen LogP contribution >= 0.6 is 11.8 Å². The molecule has 1 aliphatic rings. The molecule has 1 nitrogen and oxygen atoms in total. The van der Waals surface area contributed by atoms with Crippen LogP contribution in [0.25, 0.3) is 11.1 Å². The van der Waals surface area contributed by atoms with Crippen LogP contribution in [0.1, 0.15) is 16.7 Å². The first kappa shape index (κ1) is 13.6. The second-order valence-corrected chi connectivity index (χ2v) is 6.41. The molecule has 22 heavy (non-hydrogen) atoms. The first-order valence-electron chi connectivity index (χ1n) is 7.31. The van der Waals surface area contributed by atoms with Gasteiger partial charge in [0.05, 0.1) is 0 Å². The third-order valence-corrected chi connectivity index (χ3v) is 5.18. The summed E-state index contributed by atoms with van der Waals surface area (Å²) in [6.07, 6.45) is 2.06. The maximum absolute atomic E-state index is 11.6. The first-order valence-corrected chi connectivity index (χ1v) is 8.54. The Balaban J connectivity index is 2.00. The Morgan fingerprint density at radius 1 is 0.727 bits per heavy atom. The fourth-order valence-electron chi connectivity index (χ4n) is 3.36. The van der Waals surface area contributed by atoms with E-state index >= 15 is 0 Å². The molecule has 3 aromatic carbocycles. The number of fused-ring (bicyclic) bond motifs is 3. The van der Waals surface area contributed by atoms with E-state index in [0.717, 1.165) is 27.8 Å². The topological polar surface area (TPSA) is 20.2 Å². The van der Waals surface area contributed by atoms with Crippen molar-refractivity contribution in [2.75, 3.05) is 6.26 Å². The van der Waals surface area contributed by atoms with Gasteiger partial charge >= 0.3 is 0 Å². The van der Waals surface area contributed by atoms with Crippen molar-refractivity contribution in [3.05, 3.63) is 89.5 Å². The second-order valence-electron chi connectivity index (χ2n) is 5.53. The zero-order valence-electron chi connectivity index (χ0n) is 12.3. The third kappa shape index (κ3) is 1.78. The van der Waals surface area contributed by atoms with Crippen molar-refractivity contribution in [2.24, 2.45) is 0 Å². The van der Waals surface area contributed by atoms with Crippen LogP contribution in [0, 0.1) is 0 Å². The van der Waals surface area contributed by atoms with E-state index < -0.39 is 5.60 Å². The summed E-state index contributed by atoms with van der Waals surface area (Å²) in [5.74, 6) is 0. The summed E-state index contributed by atoms with van der Waals surface area (Å²) in [4.78, 5) is 1.20. The van der Waals surface area contributed by atoms with Crippen LogP contribution in [0.3, 0.4) is 0 Å². The Hall–Kier alpha value is -2.03. The van der Waals surface area contributed by atoms with Gasteiger partial charge in [-0.3, -0.25) is 0 Å². The van der Waals surface area contributed by atoms with Gasteiger partial charge in [-0.25, -0.2) is 0 Å². The second kappa shape index (κ2) is 5.01. The monoisotopic (exact) mass is 304 g/mol. The summed E-state index contributed by atoms with van der Waals surface area (Å²) in [5, 5.41) is 11.6. The van der Waals surface area contributed by atoms with Crippen molar-refractivity contribution in [3.8, 4) is 11.1 Å². The predicted molar refractivity (Wildman–Crippen MR) is 92.2 cm³/mol. The Labute approximate surface area is 134 Å². The fraction of sp³-hybridized carbons (Fsp3) is 0.100. The molecule has 1 N–H and O–H groups in total. The van der Waals surface area contributed by atoms with Crippen molar-refractivity contribution < 1.29 is 5.11 Å². The maximum atomic E-state index is 11.6. The lowest BCUT2D eigenvalue weighted by Gasteiger charge is -2.26. The lowest BCUT2D eigenvalue weighted by Crippen LogP contribution is -2.26. The van der Waals surface area contributed by atoms with Crippen LogP contribution in [0.5, 0.6) is 0 Å². The molecule has 0 unspecified atom stereocenters. The van der Waals surface area contributed by atoms with Crippen molar-refractivity contribution >= 4 is 11.8 Å². The highest BCUT2D eigenvalue weighted by Crippen LogP contribution is 2.50. The molecule has 4 rings (SSSR count). The van der Waals surface area contributed by atoms with E-state index in [2.05, 4.69) is 30.5 Å². The van der Waals surface area contributed by atoms with Gasteiger partial charge in [-0.1, -0.05) is 60.7 Å². The normalized spacial score (nSPS) is 14.5. The van der Waals surface area contributed by atoms with Crippen molar-refractivity contribution in [1.29, 1.82) is 0 Å². The van der Waals surface area contributed by atoms with Gasteiger partial charge in [0.2, 0.25) is 0 Å². The Kier molecular flexibility index (Phi) is 3.10. The quantitative estimate of drug-likeness (QED) is 0.694. The lowest BCUT2D eigenvalue weighted by molar-refractivity contribution is 0.130. The summed E-state index contributed by atoms with van der Waals surface area (Å²) >= 11 is 1.71. The largest absolute Gasteiger partial charge is 0.376 e. The van der Waals surface area contributed by atoms with Gasteiger partial charge in [0.1, 0.15) is 5.60 Å². The summed E-state index contributed by atoms with van der Waals surface area (Å²) < 4.78 is 0. The van der Waals surface area contributed by atoms with E-state index in [9.17, 15) is 5.11 Å². The Morgan fingerprint density at radius 2 is 1.23 bits per heavy atom. The molecule has 0 bridgehead atoms. The predicted octanol–water partition coefficient (Wildman–Crippen LogP) is 4.67. The SMILES string of the molecule is CSc1ccc(C2(O)c3ccccc3-c3ccccc32)cc1. The molecule has 0 saturated carbocycles. The highest BCUT2D eigenvalue weighted by Gasteiger charge is 2.42. The summed E-state index contributed by atoms with van der Waals surface area (Å²) in [5.41, 5.74) is 4.03. The molecule has 0 aromatic heterocycles. The van der Waals surface area contributed by atoms with Gasteiger partial charge in [0.25, 0.3) is 0 Å². The van der Waals surface area contributed by atoms with Crippen LogP contribution < -0.4 is 0 Å². The smallest absolute Gasteiger partial charge is 0.141 e. The van der Waals surface area contributed by atoms with Gasteiger partial charge in [0.15, 0.2) is 0 Å². The molecule has 0 spiro atoms. The van der Waals surface area contributed by atoms with E-state index in [1.807, 2.05) is 48.5 Å². The minimum atomic E-state index is -1.07. The van der Waals surface area contributed by atoms with Gasteiger partial charge in [-0.05, 0) is 35.1 Å². The first-order chi connectivity index (χ1) is 10.7. The molecule has 0 fully saturated rings. The molecule has 0 saturated heterocycles. The van der Waals surface area contributed by atoms with Crippen LogP contribution in [-0.2, 0) is 5.60 Å². The molecular formula is C20H16OS. The van der Waals surface area contributed by atoms with Crippen molar-refractivity contribution in [2.45, 2.75) is 10.5 Å². The molecule has 0 radical (unpaired) electrons. The summed E-state index contributed by atoms with van der Waals surface area (Å²) in [6.45, 7) is 0. The number of aliphatic hydroxyl groups is 1. The zero-order valence-corrected chi connectivity index (χ0v) is 13.1.